The Hall–Kier alpha value is -0.770. The number of alkyl carbamates (subject to hydrolysis) is 1. The summed E-state index contributed by atoms with van der Waals surface area (Å²) in [5.74, 6) is 0.513. The number of carbonyl (C=O) groups excluding carboxylic acids is 1. The molecular weight excluding hydrogens is 192 g/mol. The van der Waals surface area contributed by atoms with Gasteiger partial charge in [0.15, 0.2) is 0 Å². The molecule has 1 heterocycles. The SMILES string of the molecule is CC1CCNCC1NC(=O)OC(C)(C)C. The van der Waals surface area contributed by atoms with Crippen molar-refractivity contribution in [3.8, 4) is 0 Å². The first-order valence-electron chi connectivity index (χ1n) is 5.59. The van der Waals surface area contributed by atoms with E-state index in [1.165, 1.54) is 0 Å². The third-order valence-electron chi connectivity index (χ3n) is 2.53. The van der Waals surface area contributed by atoms with Gasteiger partial charge in [-0.05, 0) is 39.7 Å². The first-order chi connectivity index (χ1) is 6.88. The van der Waals surface area contributed by atoms with E-state index < -0.39 is 5.60 Å². The summed E-state index contributed by atoms with van der Waals surface area (Å²) in [6.07, 6.45) is 0.781. The minimum Gasteiger partial charge on any atom is -0.444 e. The van der Waals surface area contributed by atoms with Crippen molar-refractivity contribution in [1.82, 2.24) is 10.6 Å². The highest BCUT2D eigenvalue weighted by Gasteiger charge is 2.25. The normalized spacial score (nSPS) is 27.2. The van der Waals surface area contributed by atoms with Crippen LogP contribution in [0.4, 0.5) is 4.79 Å². The largest absolute Gasteiger partial charge is 0.444 e. The van der Waals surface area contributed by atoms with E-state index in [-0.39, 0.29) is 12.1 Å². The molecule has 0 bridgehead atoms. The summed E-state index contributed by atoms with van der Waals surface area (Å²) in [5, 5.41) is 6.16. The molecule has 2 unspecified atom stereocenters. The number of carbonyl (C=O) groups is 1. The van der Waals surface area contributed by atoms with Gasteiger partial charge in [0.2, 0.25) is 0 Å². The van der Waals surface area contributed by atoms with E-state index in [9.17, 15) is 4.79 Å². The van der Waals surface area contributed by atoms with Crippen LogP contribution in [0.5, 0.6) is 0 Å². The summed E-state index contributed by atoms with van der Waals surface area (Å²) >= 11 is 0. The molecule has 0 saturated carbocycles. The molecule has 0 aromatic carbocycles. The Morgan fingerprint density at radius 1 is 1.47 bits per heavy atom. The second-order valence-electron chi connectivity index (χ2n) is 5.22. The highest BCUT2D eigenvalue weighted by atomic mass is 16.6. The standard InChI is InChI=1S/C11H22N2O2/c1-8-5-6-12-7-9(8)13-10(14)15-11(2,3)4/h8-9,12H,5-7H2,1-4H3,(H,13,14). The van der Waals surface area contributed by atoms with Crippen LogP contribution in [0.1, 0.15) is 34.1 Å². The van der Waals surface area contributed by atoms with Crippen molar-refractivity contribution in [2.45, 2.75) is 45.8 Å². The highest BCUT2D eigenvalue weighted by Crippen LogP contribution is 2.12. The molecule has 1 saturated heterocycles. The summed E-state index contributed by atoms with van der Waals surface area (Å²) in [5.41, 5.74) is -0.421. The molecule has 2 atom stereocenters. The smallest absolute Gasteiger partial charge is 0.407 e. The lowest BCUT2D eigenvalue weighted by Crippen LogP contribution is -2.51. The second-order valence-corrected chi connectivity index (χ2v) is 5.22. The third-order valence-corrected chi connectivity index (χ3v) is 2.53. The first-order valence-corrected chi connectivity index (χ1v) is 5.59. The van der Waals surface area contributed by atoms with Crippen LogP contribution < -0.4 is 10.6 Å². The van der Waals surface area contributed by atoms with Crippen LogP contribution in [-0.4, -0.2) is 30.8 Å². The number of hydrogen-bond donors (Lipinski definition) is 2. The van der Waals surface area contributed by atoms with Crippen LogP contribution >= 0.6 is 0 Å². The van der Waals surface area contributed by atoms with Gasteiger partial charge in [0.1, 0.15) is 5.60 Å². The van der Waals surface area contributed by atoms with E-state index >= 15 is 0 Å². The van der Waals surface area contributed by atoms with Crippen molar-refractivity contribution in [1.29, 1.82) is 0 Å². The van der Waals surface area contributed by atoms with Crippen molar-refractivity contribution >= 4 is 6.09 Å². The highest BCUT2D eigenvalue weighted by molar-refractivity contribution is 5.68. The molecule has 0 aromatic heterocycles. The van der Waals surface area contributed by atoms with Crippen molar-refractivity contribution in [2.24, 2.45) is 5.92 Å². The summed E-state index contributed by atoms with van der Waals surface area (Å²) in [7, 11) is 0. The maximum Gasteiger partial charge on any atom is 0.407 e. The fourth-order valence-electron chi connectivity index (χ4n) is 1.64. The Labute approximate surface area is 91.8 Å². The summed E-state index contributed by atoms with van der Waals surface area (Å²) in [6, 6.07) is 0.189. The van der Waals surface area contributed by atoms with Gasteiger partial charge in [-0.3, -0.25) is 0 Å². The molecule has 1 amide bonds. The van der Waals surface area contributed by atoms with Crippen molar-refractivity contribution in [3.63, 3.8) is 0 Å². The molecule has 0 radical (unpaired) electrons. The quantitative estimate of drug-likeness (QED) is 0.695. The zero-order chi connectivity index (χ0) is 11.5. The van der Waals surface area contributed by atoms with Crippen LogP contribution in [0.2, 0.25) is 0 Å². The Balaban J connectivity index is 2.36. The van der Waals surface area contributed by atoms with Crippen LogP contribution in [0, 0.1) is 5.92 Å². The third kappa shape index (κ3) is 4.51. The van der Waals surface area contributed by atoms with E-state index in [1.54, 1.807) is 0 Å². The minimum atomic E-state index is -0.421. The molecule has 0 spiro atoms. The van der Waals surface area contributed by atoms with Gasteiger partial charge in [-0.1, -0.05) is 6.92 Å². The number of ether oxygens (including phenoxy) is 1. The van der Waals surface area contributed by atoms with Crippen molar-refractivity contribution < 1.29 is 9.53 Å². The molecular formula is C11H22N2O2. The maximum absolute atomic E-state index is 11.5. The van der Waals surface area contributed by atoms with E-state index in [0.29, 0.717) is 5.92 Å². The lowest BCUT2D eigenvalue weighted by Gasteiger charge is -2.31. The average molecular weight is 214 g/mol. The average Bonchev–Trinajstić information content (AvgIpc) is 2.05. The topological polar surface area (TPSA) is 50.4 Å². The van der Waals surface area contributed by atoms with Crippen LogP contribution in [-0.2, 0) is 4.74 Å². The molecule has 1 fully saturated rings. The molecule has 0 aliphatic carbocycles. The van der Waals surface area contributed by atoms with E-state index in [2.05, 4.69) is 17.6 Å². The molecule has 2 N–H and O–H groups in total. The Kier molecular flexibility index (Phi) is 3.97. The van der Waals surface area contributed by atoms with Gasteiger partial charge in [-0.25, -0.2) is 4.79 Å². The first kappa shape index (κ1) is 12.3. The van der Waals surface area contributed by atoms with Crippen LogP contribution in [0.15, 0.2) is 0 Å². The number of rotatable bonds is 1. The lowest BCUT2D eigenvalue weighted by atomic mass is 9.95. The van der Waals surface area contributed by atoms with E-state index in [0.717, 1.165) is 19.5 Å². The van der Waals surface area contributed by atoms with E-state index in [4.69, 9.17) is 4.74 Å². The zero-order valence-electron chi connectivity index (χ0n) is 10.1. The molecule has 1 aliphatic heterocycles. The predicted molar refractivity (Wildman–Crippen MR) is 59.8 cm³/mol. The van der Waals surface area contributed by atoms with Gasteiger partial charge < -0.3 is 15.4 Å². The van der Waals surface area contributed by atoms with Gasteiger partial charge >= 0.3 is 6.09 Å². The molecule has 0 aromatic rings. The number of nitrogens with one attached hydrogen (secondary N) is 2. The van der Waals surface area contributed by atoms with Crippen LogP contribution in [0.3, 0.4) is 0 Å². The molecule has 15 heavy (non-hydrogen) atoms. The Morgan fingerprint density at radius 2 is 2.13 bits per heavy atom. The molecule has 1 rings (SSSR count). The summed E-state index contributed by atoms with van der Waals surface area (Å²) < 4.78 is 5.21. The van der Waals surface area contributed by atoms with Crippen molar-refractivity contribution in [2.75, 3.05) is 13.1 Å². The van der Waals surface area contributed by atoms with Gasteiger partial charge in [0.05, 0.1) is 0 Å². The maximum atomic E-state index is 11.5. The molecule has 88 valence electrons. The fraction of sp³-hybridized carbons (Fsp3) is 0.909. The number of piperidine rings is 1. The van der Waals surface area contributed by atoms with Crippen LogP contribution in [0.25, 0.3) is 0 Å². The van der Waals surface area contributed by atoms with Crippen molar-refractivity contribution in [3.05, 3.63) is 0 Å². The fourth-order valence-corrected chi connectivity index (χ4v) is 1.64. The van der Waals surface area contributed by atoms with Gasteiger partial charge in [-0.2, -0.15) is 0 Å². The monoisotopic (exact) mass is 214 g/mol. The van der Waals surface area contributed by atoms with E-state index in [1.807, 2.05) is 20.8 Å². The summed E-state index contributed by atoms with van der Waals surface area (Å²) in [4.78, 5) is 11.5. The minimum absolute atomic E-state index is 0.189. The van der Waals surface area contributed by atoms with Gasteiger partial charge in [0, 0.05) is 12.6 Å². The van der Waals surface area contributed by atoms with Gasteiger partial charge in [0.25, 0.3) is 0 Å². The lowest BCUT2D eigenvalue weighted by molar-refractivity contribution is 0.0479. The molecule has 4 nitrogen and oxygen atoms in total. The Morgan fingerprint density at radius 3 is 2.67 bits per heavy atom. The molecule has 1 aliphatic rings. The van der Waals surface area contributed by atoms with Gasteiger partial charge in [-0.15, -0.1) is 0 Å². The molecule has 4 heteroatoms. The zero-order valence-corrected chi connectivity index (χ0v) is 10.1. The second kappa shape index (κ2) is 4.84. The Bertz CT molecular complexity index is 223. The number of amides is 1. The predicted octanol–water partition coefficient (Wildman–Crippen LogP) is 1.51. The summed E-state index contributed by atoms with van der Waals surface area (Å²) in [6.45, 7) is 9.64. The number of hydrogen-bond acceptors (Lipinski definition) is 3.